The van der Waals surface area contributed by atoms with Gasteiger partial charge in [-0.15, -0.1) is 0 Å². The van der Waals surface area contributed by atoms with E-state index in [2.05, 4.69) is 0 Å². The second-order valence-electron chi connectivity index (χ2n) is 2.92. The maximum atomic E-state index is 10.3. The van der Waals surface area contributed by atoms with E-state index in [4.69, 9.17) is 5.11 Å². The van der Waals surface area contributed by atoms with Gasteiger partial charge in [-0.2, -0.15) is 0 Å². The van der Waals surface area contributed by atoms with Crippen LogP contribution >= 0.6 is 0 Å². The molecule has 2 nitrogen and oxygen atoms in total. The summed E-state index contributed by atoms with van der Waals surface area (Å²) in [5.41, 5.74) is 0. The van der Waals surface area contributed by atoms with Gasteiger partial charge in [-0.25, -0.2) is 0 Å². The van der Waals surface area contributed by atoms with E-state index in [1.165, 1.54) is 0 Å². The molecule has 0 aliphatic heterocycles. The summed E-state index contributed by atoms with van der Waals surface area (Å²) in [6.07, 6.45) is 8.24. The van der Waals surface area contributed by atoms with Crippen molar-refractivity contribution in [2.45, 2.75) is 13.3 Å². The lowest BCUT2D eigenvalue weighted by Gasteiger charge is -2.12. The molecule has 1 unspecified atom stereocenters. The smallest absolute Gasteiger partial charge is 0.303 e. The summed E-state index contributed by atoms with van der Waals surface area (Å²) in [4.78, 5) is 10.3. The van der Waals surface area contributed by atoms with Crippen molar-refractivity contribution in [1.82, 2.24) is 0 Å². The molecule has 1 aliphatic carbocycles. The van der Waals surface area contributed by atoms with Crippen molar-refractivity contribution in [3.8, 4) is 0 Å². The first-order valence-electron chi connectivity index (χ1n) is 3.77. The van der Waals surface area contributed by atoms with Crippen LogP contribution in [-0.4, -0.2) is 11.1 Å². The standard InChI is InChI=1S/C9H12O2/c1-7(6-9(10)11)8-4-2-3-5-8/h2-5,7-8H,6H2,1H3,(H,10,11). The second kappa shape index (κ2) is 3.37. The van der Waals surface area contributed by atoms with Gasteiger partial charge in [0.25, 0.3) is 0 Å². The highest BCUT2D eigenvalue weighted by Gasteiger charge is 2.15. The minimum Gasteiger partial charge on any atom is -0.481 e. The maximum absolute atomic E-state index is 10.3. The zero-order valence-corrected chi connectivity index (χ0v) is 6.53. The average Bonchev–Trinajstić information content (AvgIpc) is 2.35. The minimum absolute atomic E-state index is 0.211. The van der Waals surface area contributed by atoms with Crippen molar-refractivity contribution in [2.75, 3.05) is 0 Å². The van der Waals surface area contributed by atoms with Crippen LogP contribution < -0.4 is 0 Å². The molecule has 2 heteroatoms. The Bertz CT molecular complexity index is 192. The Hall–Kier alpha value is -1.05. The van der Waals surface area contributed by atoms with Crippen LogP contribution in [0.15, 0.2) is 24.3 Å². The zero-order valence-electron chi connectivity index (χ0n) is 6.53. The third-order valence-corrected chi connectivity index (χ3v) is 1.93. The summed E-state index contributed by atoms with van der Waals surface area (Å²) in [7, 11) is 0. The lowest BCUT2D eigenvalue weighted by atomic mass is 9.93. The monoisotopic (exact) mass is 152 g/mol. The number of carboxylic acid groups (broad SMARTS) is 1. The molecule has 0 saturated heterocycles. The predicted molar refractivity (Wildman–Crippen MR) is 43.2 cm³/mol. The highest BCUT2D eigenvalue weighted by Crippen LogP contribution is 2.21. The normalized spacial score (nSPS) is 19.0. The summed E-state index contributed by atoms with van der Waals surface area (Å²) >= 11 is 0. The molecule has 1 rings (SSSR count). The number of allylic oxidation sites excluding steroid dienone is 4. The first-order chi connectivity index (χ1) is 5.20. The van der Waals surface area contributed by atoms with Gasteiger partial charge < -0.3 is 5.11 Å². The number of hydrogen-bond donors (Lipinski definition) is 1. The molecule has 0 radical (unpaired) electrons. The van der Waals surface area contributed by atoms with Crippen molar-refractivity contribution in [3.05, 3.63) is 24.3 Å². The van der Waals surface area contributed by atoms with E-state index < -0.39 is 5.97 Å². The van der Waals surface area contributed by atoms with Crippen molar-refractivity contribution in [3.63, 3.8) is 0 Å². The first-order valence-corrected chi connectivity index (χ1v) is 3.77. The summed E-state index contributed by atoms with van der Waals surface area (Å²) < 4.78 is 0. The number of hydrogen-bond acceptors (Lipinski definition) is 1. The molecular formula is C9H12O2. The van der Waals surface area contributed by atoms with Gasteiger partial charge >= 0.3 is 5.97 Å². The summed E-state index contributed by atoms with van der Waals surface area (Å²) in [6.45, 7) is 1.96. The van der Waals surface area contributed by atoms with Crippen molar-refractivity contribution < 1.29 is 9.90 Å². The molecule has 0 aromatic carbocycles. The molecule has 1 aliphatic rings. The third kappa shape index (κ3) is 2.22. The van der Waals surface area contributed by atoms with Gasteiger partial charge in [0.1, 0.15) is 0 Å². The molecule has 1 N–H and O–H groups in total. The third-order valence-electron chi connectivity index (χ3n) is 1.93. The van der Waals surface area contributed by atoms with Crippen LogP contribution in [0.2, 0.25) is 0 Å². The molecule has 1 atom stereocenters. The Morgan fingerprint density at radius 3 is 2.55 bits per heavy atom. The Kier molecular flexibility index (Phi) is 2.47. The van der Waals surface area contributed by atoms with E-state index >= 15 is 0 Å². The first kappa shape index (κ1) is 8.05. The molecule has 0 heterocycles. The number of rotatable bonds is 3. The Balaban J connectivity index is 2.41. The molecule has 11 heavy (non-hydrogen) atoms. The van der Waals surface area contributed by atoms with E-state index in [1.54, 1.807) is 0 Å². The molecule has 0 aromatic rings. The molecule has 0 spiro atoms. The molecule has 0 saturated carbocycles. The SMILES string of the molecule is CC(CC(=O)O)C1C=CC=C1. The topological polar surface area (TPSA) is 37.3 Å². The van der Waals surface area contributed by atoms with Crippen molar-refractivity contribution in [1.29, 1.82) is 0 Å². The van der Waals surface area contributed by atoms with E-state index in [-0.39, 0.29) is 12.3 Å². The van der Waals surface area contributed by atoms with Crippen LogP contribution in [0, 0.1) is 11.8 Å². The Morgan fingerprint density at radius 1 is 1.55 bits per heavy atom. The summed E-state index contributed by atoms with van der Waals surface area (Å²) in [5, 5.41) is 8.50. The van der Waals surface area contributed by atoms with Crippen LogP contribution in [-0.2, 0) is 4.79 Å². The number of carbonyl (C=O) groups is 1. The quantitative estimate of drug-likeness (QED) is 0.670. The predicted octanol–water partition coefficient (Wildman–Crippen LogP) is 1.84. The lowest BCUT2D eigenvalue weighted by molar-refractivity contribution is -0.138. The van der Waals surface area contributed by atoms with E-state index in [0.29, 0.717) is 5.92 Å². The fourth-order valence-corrected chi connectivity index (χ4v) is 1.24. The fourth-order valence-electron chi connectivity index (χ4n) is 1.24. The van der Waals surface area contributed by atoms with Gasteiger partial charge in [-0.05, 0) is 11.8 Å². The lowest BCUT2D eigenvalue weighted by Crippen LogP contribution is -2.10. The molecule has 0 aromatic heterocycles. The largest absolute Gasteiger partial charge is 0.481 e. The van der Waals surface area contributed by atoms with Gasteiger partial charge in [-0.1, -0.05) is 31.2 Å². The van der Waals surface area contributed by atoms with Gasteiger partial charge in [0.05, 0.1) is 0 Å². The highest BCUT2D eigenvalue weighted by atomic mass is 16.4. The zero-order chi connectivity index (χ0) is 8.27. The Labute approximate surface area is 66.2 Å². The van der Waals surface area contributed by atoms with Crippen LogP contribution in [0.25, 0.3) is 0 Å². The average molecular weight is 152 g/mol. The van der Waals surface area contributed by atoms with Crippen molar-refractivity contribution >= 4 is 5.97 Å². The van der Waals surface area contributed by atoms with Gasteiger partial charge in [0.2, 0.25) is 0 Å². The highest BCUT2D eigenvalue weighted by molar-refractivity contribution is 5.67. The van der Waals surface area contributed by atoms with Crippen LogP contribution in [0.4, 0.5) is 0 Å². The number of carboxylic acids is 1. The molecular weight excluding hydrogens is 140 g/mol. The van der Waals surface area contributed by atoms with Gasteiger partial charge in [-0.3, -0.25) is 4.79 Å². The molecule has 60 valence electrons. The van der Waals surface area contributed by atoms with Crippen molar-refractivity contribution in [2.24, 2.45) is 11.8 Å². The second-order valence-corrected chi connectivity index (χ2v) is 2.92. The van der Waals surface area contributed by atoms with E-state index in [0.717, 1.165) is 0 Å². The minimum atomic E-state index is -0.716. The molecule has 0 amide bonds. The summed E-state index contributed by atoms with van der Waals surface area (Å²) in [5.74, 6) is -0.181. The fraction of sp³-hybridized carbons (Fsp3) is 0.444. The van der Waals surface area contributed by atoms with Crippen LogP contribution in [0.5, 0.6) is 0 Å². The van der Waals surface area contributed by atoms with Crippen LogP contribution in [0.3, 0.4) is 0 Å². The van der Waals surface area contributed by atoms with Gasteiger partial charge in [0.15, 0.2) is 0 Å². The molecule has 0 fully saturated rings. The maximum Gasteiger partial charge on any atom is 0.303 e. The molecule has 0 bridgehead atoms. The van der Waals surface area contributed by atoms with E-state index in [9.17, 15) is 4.79 Å². The van der Waals surface area contributed by atoms with Crippen LogP contribution in [0.1, 0.15) is 13.3 Å². The summed E-state index contributed by atoms with van der Waals surface area (Å²) in [6, 6.07) is 0. The van der Waals surface area contributed by atoms with E-state index in [1.807, 2.05) is 31.2 Å². The Morgan fingerprint density at radius 2 is 2.09 bits per heavy atom. The number of aliphatic carboxylic acids is 1. The van der Waals surface area contributed by atoms with Gasteiger partial charge in [0, 0.05) is 6.42 Å².